The Morgan fingerprint density at radius 3 is 2.57 bits per heavy atom. The first-order valence-corrected chi connectivity index (χ1v) is 7.89. The van der Waals surface area contributed by atoms with Crippen LogP contribution in [0.25, 0.3) is 10.9 Å². The summed E-state index contributed by atoms with van der Waals surface area (Å²) in [6.07, 6.45) is 0. The van der Waals surface area contributed by atoms with Gasteiger partial charge in [0, 0.05) is 12.4 Å². The fraction of sp³-hybridized carbons (Fsp3) is 0.357. The first-order valence-electron chi connectivity index (χ1n) is 6.45. The number of hydrogen-bond donors (Lipinski definition) is 2. The van der Waals surface area contributed by atoms with Gasteiger partial charge in [0.05, 0.1) is 22.6 Å². The van der Waals surface area contributed by atoms with Crippen molar-refractivity contribution in [1.82, 2.24) is 9.29 Å². The third kappa shape index (κ3) is 2.85. The second-order valence-corrected chi connectivity index (χ2v) is 7.50. The molecule has 0 atom stereocenters. The average molecular weight is 309 g/mol. The van der Waals surface area contributed by atoms with Crippen molar-refractivity contribution in [3.63, 3.8) is 0 Å². The van der Waals surface area contributed by atoms with Crippen molar-refractivity contribution >= 4 is 26.7 Å². The van der Waals surface area contributed by atoms with E-state index in [0.29, 0.717) is 16.7 Å². The SMILES string of the molecule is CN(C(C)(C)CO)S(=O)(=O)c1ccc2nc(N)ccc2c1. The fourth-order valence-corrected chi connectivity index (χ4v) is 3.40. The largest absolute Gasteiger partial charge is 0.394 e. The Morgan fingerprint density at radius 1 is 1.29 bits per heavy atom. The molecule has 0 fully saturated rings. The highest BCUT2D eigenvalue weighted by Gasteiger charge is 2.33. The number of rotatable bonds is 4. The van der Waals surface area contributed by atoms with E-state index in [1.807, 2.05) is 0 Å². The number of anilines is 1. The number of benzene rings is 1. The van der Waals surface area contributed by atoms with Gasteiger partial charge in [-0.25, -0.2) is 13.4 Å². The monoisotopic (exact) mass is 309 g/mol. The highest BCUT2D eigenvalue weighted by Crippen LogP contribution is 2.25. The summed E-state index contributed by atoms with van der Waals surface area (Å²) >= 11 is 0. The lowest BCUT2D eigenvalue weighted by Crippen LogP contribution is -2.47. The number of hydrogen-bond acceptors (Lipinski definition) is 5. The molecule has 0 saturated heterocycles. The second kappa shape index (κ2) is 5.25. The van der Waals surface area contributed by atoms with Crippen LogP contribution in [-0.4, -0.2) is 42.0 Å². The molecule has 3 N–H and O–H groups in total. The summed E-state index contributed by atoms with van der Waals surface area (Å²) < 4.78 is 26.4. The van der Waals surface area contributed by atoms with Crippen molar-refractivity contribution in [2.45, 2.75) is 24.3 Å². The number of likely N-dealkylation sites (N-methyl/N-ethyl adjacent to an activating group) is 1. The quantitative estimate of drug-likeness (QED) is 0.885. The van der Waals surface area contributed by atoms with Crippen molar-refractivity contribution in [3.05, 3.63) is 30.3 Å². The summed E-state index contributed by atoms with van der Waals surface area (Å²) in [7, 11) is -2.24. The third-order valence-electron chi connectivity index (χ3n) is 3.58. The molecule has 7 heteroatoms. The molecule has 0 bridgehead atoms. The molecule has 21 heavy (non-hydrogen) atoms. The Labute approximate surface area is 124 Å². The maximum absolute atomic E-state index is 12.6. The van der Waals surface area contributed by atoms with Gasteiger partial charge in [0.25, 0.3) is 0 Å². The summed E-state index contributed by atoms with van der Waals surface area (Å²) in [5.41, 5.74) is 5.36. The van der Waals surface area contributed by atoms with Crippen LogP contribution in [0.5, 0.6) is 0 Å². The molecule has 0 spiro atoms. The predicted octanol–water partition coefficient (Wildman–Crippen LogP) is 1.21. The van der Waals surface area contributed by atoms with Crippen LogP contribution in [0, 0.1) is 0 Å². The smallest absolute Gasteiger partial charge is 0.243 e. The highest BCUT2D eigenvalue weighted by molar-refractivity contribution is 7.89. The molecule has 1 aromatic heterocycles. The van der Waals surface area contributed by atoms with Crippen molar-refractivity contribution in [1.29, 1.82) is 0 Å². The summed E-state index contributed by atoms with van der Waals surface area (Å²) in [5, 5.41) is 10.0. The van der Waals surface area contributed by atoms with E-state index in [1.54, 1.807) is 38.1 Å². The van der Waals surface area contributed by atoms with Gasteiger partial charge in [-0.15, -0.1) is 0 Å². The molecule has 1 heterocycles. The minimum Gasteiger partial charge on any atom is -0.394 e. The molecular weight excluding hydrogens is 290 g/mol. The van der Waals surface area contributed by atoms with Gasteiger partial charge in [0.15, 0.2) is 0 Å². The number of sulfonamides is 1. The molecular formula is C14H19N3O3S. The molecule has 2 aromatic rings. The van der Waals surface area contributed by atoms with Gasteiger partial charge < -0.3 is 10.8 Å². The van der Waals surface area contributed by atoms with Crippen molar-refractivity contribution in [2.24, 2.45) is 0 Å². The molecule has 0 radical (unpaired) electrons. The predicted molar refractivity (Wildman–Crippen MR) is 82.3 cm³/mol. The molecule has 0 amide bonds. The summed E-state index contributed by atoms with van der Waals surface area (Å²) in [5.74, 6) is 0.386. The first kappa shape index (κ1) is 15.7. The first-order chi connectivity index (χ1) is 9.68. The second-order valence-electron chi connectivity index (χ2n) is 5.53. The molecule has 114 valence electrons. The third-order valence-corrected chi connectivity index (χ3v) is 5.64. The summed E-state index contributed by atoms with van der Waals surface area (Å²) in [6, 6.07) is 8.03. The average Bonchev–Trinajstić information content (AvgIpc) is 2.45. The molecule has 6 nitrogen and oxygen atoms in total. The van der Waals surface area contributed by atoms with Crippen LogP contribution < -0.4 is 5.73 Å². The summed E-state index contributed by atoms with van der Waals surface area (Å²) in [4.78, 5) is 4.30. The lowest BCUT2D eigenvalue weighted by Gasteiger charge is -2.32. The van der Waals surface area contributed by atoms with Crippen molar-refractivity contribution in [3.8, 4) is 0 Å². The van der Waals surface area contributed by atoms with Gasteiger partial charge in [0.1, 0.15) is 5.82 Å². The van der Waals surface area contributed by atoms with Crippen molar-refractivity contribution in [2.75, 3.05) is 19.4 Å². The van der Waals surface area contributed by atoms with E-state index in [2.05, 4.69) is 4.98 Å². The van der Waals surface area contributed by atoms with Crippen LogP contribution in [0.15, 0.2) is 35.2 Å². The number of nitrogens with zero attached hydrogens (tertiary/aromatic N) is 2. The molecule has 0 unspecified atom stereocenters. The number of aromatic nitrogens is 1. The van der Waals surface area contributed by atoms with E-state index in [4.69, 9.17) is 5.73 Å². The van der Waals surface area contributed by atoms with Gasteiger partial charge in [-0.1, -0.05) is 0 Å². The number of aliphatic hydroxyl groups excluding tert-OH is 1. The maximum Gasteiger partial charge on any atom is 0.243 e. The van der Waals surface area contributed by atoms with E-state index >= 15 is 0 Å². The molecule has 0 saturated carbocycles. The number of nitrogen functional groups attached to an aromatic ring is 1. The molecule has 1 aromatic carbocycles. The lowest BCUT2D eigenvalue weighted by atomic mass is 10.1. The Morgan fingerprint density at radius 2 is 1.95 bits per heavy atom. The normalized spacial score (nSPS) is 13.0. The number of fused-ring (bicyclic) bond motifs is 1. The van der Waals surface area contributed by atoms with Gasteiger partial charge in [-0.05, 0) is 44.2 Å². The molecule has 0 aliphatic heterocycles. The molecule has 0 aliphatic carbocycles. The number of nitrogens with two attached hydrogens (primary N) is 1. The Kier molecular flexibility index (Phi) is 3.92. The summed E-state index contributed by atoms with van der Waals surface area (Å²) in [6.45, 7) is 3.05. The highest BCUT2D eigenvalue weighted by atomic mass is 32.2. The van der Waals surface area contributed by atoms with Crippen LogP contribution >= 0.6 is 0 Å². The Bertz CT molecular complexity index is 772. The van der Waals surface area contributed by atoms with E-state index < -0.39 is 15.6 Å². The van der Waals surface area contributed by atoms with Gasteiger partial charge >= 0.3 is 0 Å². The lowest BCUT2D eigenvalue weighted by molar-refractivity contribution is 0.138. The zero-order valence-corrected chi connectivity index (χ0v) is 13.1. The van der Waals surface area contributed by atoms with E-state index in [0.717, 1.165) is 0 Å². The zero-order chi connectivity index (χ0) is 15.8. The van der Waals surface area contributed by atoms with Crippen LogP contribution in [0.1, 0.15) is 13.8 Å². The molecule has 0 aliphatic rings. The van der Waals surface area contributed by atoms with E-state index in [9.17, 15) is 13.5 Å². The zero-order valence-electron chi connectivity index (χ0n) is 12.2. The van der Waals surface area contributed by atoms with Crippen LogP contribution in [-0.2, 0) is 10.0 Å². The topological polar surface area (TPSA) is 96.5 Å². The minimum atomic E-state index is -3.70. The maximum atomic E-state index is 12.6. The molecule has 2 rings (SSSR count). The fourth-order valence-electron chi connectivity index (χ4n) is 1.86. The van der Waals surface area contributed by atoms with Crippen molar-refractivity contribution < 1.29 is 13.5 Å². The van der Waals surface area contributed by atoms with Gasteiger partial charge in [-0.2, -0.15) is 4.31 Å². The van der Waals surface area contributed by atoms with Gasteiger partial charge in [-0.3, -0.25) is 0 Å². The van der Waals surface area contributed by atoms with Gasteiger partial charge in [0.2, 0.25) is 10.0 Å². The number of aliphatic hydroxyl groups is 1. The number of pyridine rings is 1. The standard InChI is InChI=1S/C14H19N3O3S/c1-14(2,9-18)17(3)21(19,20)11-5-6-12-10(8-11)4-7-13(15)16-12/h4-8,18H,9H2,1-3H3,(H2,15,16). The van der Waals surface area contributed by atoms with Crippen LogP contribution in [0.3, 0.4) is 0 Å². The van der Waals surface area contributed by atoms with E-state index in [-0.39, 0.29) is 11.5 Å². The van der Waals surface area contributed by atoms with E-state index in [1.165, 1.54) is 17.4 Å². The Hall–Kier alpha value is -1.70. The van der Waals surface area contributed by atoms with Crippen LogP contribution in [0.4, 0.5) is 5.82 Å². The Balaban J connectivity index is 2.53. The minimum absolute atomic E-state index is 0.158. The van der Waals surface area contributed by atoms with Crippen LogP contribution in [0.2, 0.25) is 0 Å².